The summed E-state index contributed by atoms with van der Waals surface area (Å²) >= 11 is 5.98. The fourth-order valence-electron chi connectivity index (χ4n) is 1.66. The number of hydrogen-bond donors (Lipinski definition) is 1. The molecule has 0 aliphatic carbocycles. The van der Waals surface area contributed by atoms with Crippen LogP contribution in [0, 0.1) is 12.7 Å². The molecule has 0 aliphatic heterocycles. The fourth-order valence-corrected chi connectivity index (χ4v) is 1.84. The second-order valence-corrected chi connectivity index (χ2v) is 4.34. The van der Waals surface area contributed by atoms with E-state index in [1.54, 1.807) is 30.3 Å². The van der Waals surface area contributed by atoms with Crippen molar-refractivity contribution in [3.63, 3.8) is 0 Å². The molecular formula is C14H12ClFO. The Hall–Kier alpha value is -1.38. The summed E-state index contributed by atoms with van der Waals surface area (Å²) < 4.78 is 13.5. The molecule has 1 N–H and O–H groups in total. The van der Waals surface area contributed by atoms with Crippen LogP contribution in [0.25, 0.3) is 0 Å². The number of aliphatic hydroxyl groups excluding tert-OH is 1. The third-order valence-electron chi connectivity index (χ3n) is 2.71. The zero-order valence-corrected chi connectivity index (χ0v) is 10.1. The van der Waals surface area contributed by atoms with Gasteiger partial charge in [0.25, 0.3) is 0 Å². The van der Waals surface area contributed by atoms with Gasteiger partial charge in [0.2, 0.25) is 0 Å². The lowest BCUT2D eigenvalue weighted by Crippen LogP contribution is -2.02. The molecule has 0 fully saturated rings. The topological polar surface area (TPSA) is 20.2 Å². The van der Waals surface area contributed by atoms with Crippen molar-refractivity contribution in [2.75, 3.05) is 0 Å². The normalized spacial score (nSPS) is 12.5. The first-order valence-electron chi connectivity index (χ1n) is 5.28. The zero-order valence-electron chi connectivity index (χ0n) is 9.32. The first kappa shape index (κ1) is 12.1. The van der Waals surface area contributed by atoms with Gasteiger partial charge in [-0.05, 0) is 30.2 Å². The number of aryl methyl sites for hydroxylation is 1. The molecular weight excluding hydrogens is 239 g/mol. The molecule has 1 atom stereocenters. The second-order valence-electron chi connectivity index (χ2n) is 3.93. The third kappa shape index (κ3) is 2.48. The van der Waals surface area contributed by atoms with Gasteiger partial charge in [0.15, 0.2) is 0 Å². The van der Waals surface area contributed by atoms with Crippen molar-refractivity contribution < 1.29 is 9.50 Å². The van der Waals surface area contributed by atoms with Crippen molar-refractivity contribution in [2.45, 2.75) is 13.0 Å². The fraction of sp³-hybridized carbons (Fsp3) is 0.143. The minimum Gasteiger partial charge on any atom is -0.384 e. The molecule has 0 radical (unpaired) electrons. The lowest BCUT2D eigenvalue weighted by atomic mass is 10.0. The van der Waals surface area contributed by atoms with Gasteiger partial charge in [0.1, 0.15) is 11.9 Å². The maximum atomic E-state index is 13.5. The molecule has 1 nitrogen and oxygen atoms in total. The van der Waals surface area contributed by atoms with E-state index in [0.29, 0.717) is 10.6 Å². The maximum Gasteiger partial charge on any atom is 0.129 e. The molecule has 0 aromatic heterocycles. The molecule has 3 heteroatoms. The molecule has 0 aliphatic rings. The minimum absolute atomic E-state index is 0.257. The lowest BCUT2D eigenvalue weighted by molar-refractivity contribution is 0.215. The van der Waals surface area contributed by atoms with Crippen LogP contribution in [-0.2, 0) is 0 Å². The van der Waals surface area contributed by atoms with E-state index in [1.807, 2.05) is 13.0 Å². The van der Waals surface area contributed by atoms with Crippen LogP contribution >= 0.6 is 11.6 Å². The standard InChI is InChI=1S/C14H12ClFO/c1-9-6-7-10(8-12(9)15)14(17)11-4-2-3-5-13(11)16/h2-8,14,17H,1H3. The van der Waals surface area contributed by atoms with E-state index in [4.69, 9.17) is 11.6 Å². The van der Waals surface area contributed by atoms with Crippen molar-refractivity contribution in [1.29, 1.82) is 0 Å². The van der Waals surface area contributed by atoms with Gasteiger partial charge in [-0.1, -0.05) is 41.9 Å². The predicted octanol–water partition coefficient (Wildman–Crippen LogP) is 3.87. The molecule has 17 heavy (non-hydrogen) atoms. The van der Waals surface area contributed by atoms with E-state index in [1.165, 1.54) is 6.07 Å². The Morgan fingerprint density at radius 2 is 1.88 bits per heavy atom. The quantitative estimate of drug-likeness (QED) is 0.858. The average Bonchev–Trinajstić information content (AvgIpc) is 2.32. The Morgan fingerprint density at radius 3 is 2.53 bits per heavy atom. The molecule has 0 saturated carbocycles. The monoisotopic (exact) mass is 250 g/mol. The first-order valence-corrected chi connectivity index (χ1v) is 5.66. The number of aliphatic hydroxyl groups is 1. The van der Waals surface area contributed by atoms with Crippen LogP contribution in [0.15, 0.2) is 42.5 Å². The Kier molecular flexibility index (Phi) is 3.46. The Bertz CT molecular complexity index is 539. The van der Waals surface area contributed by atoms with Gasteiger partial charge in [-0.15, -0.1) is 0 Å². The molecule has 2 aromatic rings. The molecule has 0 heterocycles. The zero-order chi connectivity index (χ0) is 12.4. The number of hydrogen-bond acceptors (Lipinski definition) is 1. The molecule has 0 bridgehead atoms. The van der Waals surface area contributed by atoms with Crippen LogP contribution in [-0.4, -0.2) is 5.11 Å². The maximum absolute atomic E-state index is 13.5. The van der Waals surface area contributed by atoms with Gasteiger partial charge < -0.3 is 5.11 Å². The Balaban J connectivity index is 2.40. The highest BCUT2D eigenvalue weighted by Gasteiger charge is 2.14. The Morgan fingerprint density at radius 1 is 1.18 bits per heavy atom. The van der Waals surface area contributed by atoms with Crippen molar-refractivity contribution >= 4 is 11.6 Å². The van der Waals surface area contributed by atoms with Gasteiger partial charge in [0.05, 0.1) is 0 Å². The second kappa shape index (κ2) is 4.86. The Labute approximate surface area is 104 Å². The average molecular weight is 251 g/mol. The smallest absolute Gasteiger partial charge is 0.129 e. The highest BCUT2D eigenvalue weighted by Crippen LogP contribution is 2.27. The summed E-state index contributed by atoms with van der Waals surface area (Å²) in [4.78, 5) is 0. The van der Waals surface area contributed by atoms with Gasteiger partial charge in [0, 0.05) is 10.6 Å². The molecule has 2 rings (SSSR count). The summed E-state index contributed by atoms with van der Waals surface area (Å²) in [6.45, 7) is 1.88. The highest BCUT2D eigenvalue weighted by atomic mass is 35.5. The molecule has 88 valence electrons. The van der Waals surface area contributed by atoms with Crippen LogP contribution in [0.2, 0.25) is 5.02 Å². The SMILES string of the molecule is Cc1ccc(C(O)c2ccccc2F)cc1Cl. The molecule has 0 amide bonds. The van der Waals surface area contributed by atoms with Gasteiger partial charge in [-0.2, -0.15) is 0 Å². The molecule has 0 saturated heterocycles. The van der Waals surface area contributed by atoms with Crippen molar-refractivity contribution in [3.8, 4) is 0 Å². The number of rotatable bonds is 2. The highest BCUT2D eigenvalue weighted by molar-refractivity contribution is 6.31. The van der Waals surface area contributed by atoms with E-state index < -0.39 is 11.9 Å². The van der Waals surface area contributed by atoms with E-state index >= 15 is 0 Å². The van der Waals surface area contributed by atoms with Crippen molar-refractivity contribution in [3.05, 3.63) is 70.0 Å². The predicted molar refractivity (Wildman–Crippen MR) is 66.7 cm³/mol. The van der Waals surface area contributed by atoms with Crippen LogP contribution < -0.4 is 0 Å². The van der Waals surface area contributed by atoms with Gasteiger partial charge >= 0.3 is 0 Å². The van der Waals surface area contributed by atoms with Crippen molar-refractivity contribution in [2.24, 2.45) is 0 Å². The van der Waals surface area contributed by atoms with Gasteiger partial charge in [-0.25, -0.2) is 4.39 Å². The summed E-state index contributed by atoms with van der Waals surface area (Å²) in [5.74, 6) is -0.420. The third-order valence-corrected chi connectivity index (χ3v) is 3.12. The summed E-state index contributed by atoms with van der Waals surface area (Å²) in [6, 6.07) is 11.4. The molecule has 0 spiro atoms. The number of halogens is 2. The van der Waals surface area contributed by atoms with Crippen LogP contribution in [0.3, 0.4) is 0 Å². The summed E-state index contributed by atoms with van der Waals surface area (Å²) in [5, 5.41) is 10.7. The largest absolute Gasteiger partial charge is 0.384 e. The van der Waals surface area contributed by atoms with Crippen LogP contribution in [0.5, 0.6) is 0 Å². The summed E-state index contributed by atoms with van der Waals surface area (Å²) in [6.07, 6.45) is -0.991. The first-order chi connectivity index (χ1) is 8.09. The minimum atomic E-state index is -0.991. The molecule has 2 aromatic carbocycles. The number of benzene rings is 2. The van der Waals surface area contributed by atoms with E-state index in [2.05, 4.69) is 0 Å². The van der Waals surface area contributed by atoms with Crippen molar-refractivity contribution in [1.82, 2.24) is 0 Å². The van der Waals surface area contributed by atoms with Gasteiger partial charge in [-0.3, -0.25) is 0 Å². The van der Waals surface area contributed by atoms with Crippen LogP contribution in [0.1, 0.15) is 22.8 Å². The van der Waals surface area contributed by atoms with E-state index in [9.17, 15) is 9.50 Å². The van der Waals surface area contributed by atoms with Crippen LogP contribution in [0.4, 0.5) is 4.39 Å². The summed E-state index contributed by atoms with van der Waals surface area (Å²) in [5.41, 5.74) is 1.77. The summed E-state index contributed by atoms with van der Waals surface area (Å²) in [7, 11) is 0. The molecule has 1 unspecified atom stereocenters. The lowest BCUT2D eigenvalue weighted by Gasteiger charge is -2.13. The van der Waals surface area contributed by atoms with E-state index in [-0.39, 0.29) is 5.56 Å². The van der Waals surface area contributed by atoms with E-state index in [0.717, 1.165) is 5.56 Å².